The summed E-state index contributed by atoms with van der Waals surface area (Å²) in [6, 6.07) is 3.81. The van der Waals surface area contributed by atoms with Crippen LogP contribution in [0, 0.1) is 0 Å². The second-order valence-corrected chi connectivity index (χ2v) is 2.75. The Morgan fingerprint density at radius 1 is 1.58 bits per heavy atom. The van der Waals surface area contributed by atoms with Crippen molar-refractivity contribution >= 4 is 0 Å². The summed E-state index contributed by atoms with van der Waals surface area (Å²) in [7, 11) is 1.64. The van der Waals surface area contributed by atoms with Gasteiger partial charge in [0.15, 0.2) is 0 Å². The smallest absolute Gasteiger partial charge is 0.129 e. The molecule has 1 aromatic heterocycles. The van der Waals surface area contributed by atoms with Gasteiger partial charge in [-0.05, 0) is 18.6 Å². The number of nitrogens with two attached hydrogens (primary N) is 1. The van der Waals surface area contributed by atoms with Crippen molar-refractivity contribution in [2.75, 3.05) is 7.11 Å². The van der Waals surface area contributed by atoms with E-state index in [1.165, 1.54) is 0 Å². The van der Waals surface area contributed by atoms with Gasteiger partial charge in [0, 0.05) is 7.11 Å². The Balaban J connectivity index is 2.63. The predicted molar refractivity (Wildman–Crippen MR) is 46.6 cm³/mol. The Labute approximate surface area is 72.5 Å². The summed E-state index contributed by atoms with van der Waals surface area (Å²) in [6.07, 6.45) is 0.889. The average Bonchev–Trinajstić information content (AvgIpc) is 2.52. The van der Waals surface area contributed by atoms with Gasteiger partial charge >= 0.3 is 0 Å². The van der Waals surface area contributed by atoms with E-state index in [9.17, 15) is 0 Å². The van der Waals surface area contributed by atoms with Gasteiger partial charge in [0.1, 0.15) is 18.1 Å². The van der Waals surface area contributed by atoms with Crippen LogP contribution in [0.1, 0.15) is 30.9 Å². The largest absolute Gasteiger partial charge is 0.462 e. The fraction of sp³-hybridized carbons (Fsp3) is 0.556. The number of furan rings is 1. The van der Waals surface area contributed by atoms with Gasteiger partial charge in [-0.2, -0.15) is 0 Å². The minimum absolute atomic E-state index is 0.00982. The van der Waals surface area contributed by atoms with Crippen LogP contribution < -0.4 is 5.73 Å². The summed E-state index contributed by atoms with van der Waals surface area (Å²) >= 11 is 0. The van der Waals surface area contributed by atoms with E-state index in [1.807, 2.05) is 19.1 Å². The molecule has 3 nitrogen and oxygen atoms in total. The lowest BCUT2D eigenvalue weighted by atomic mass is 10.2. The molecule has 2 N–H and O–H groups in total. The Bertz CT molecular complexity index is 232. The maximum Gasteiger partial charge on any atom is 0.129 e. The fourth-order valence-electron chi connectivity index (χ4n) is 1.01. The van der Waals surface area contributed by atoms with Gasteiger partial charge in [0.05, 0.1) is 6.04 Å². The average molecular weight is 169 g/mol. The van der Waals surface area contributed by atoms with E-state index in [4.69, 9.17) is 14.9 Å². The number of rotatable bonds is 4. The summed E-state index contributed by atoms with van der Waals surface area (Å²) in [5.74, 6) is 1.67. The summed E-state index contributed by atoms with van der Waals surface area (Å²) in [6.45, 7) is 2.54. The van der Waals surface area contributed by atoms with Gasteiger partial charge in [0.2, 0.25) is 0 Å². The van der Waals surface area contributed by atoms with Crippen LogP contribution in [-0.4, -0.2) is 7.11 Å². The van der Waals surface area contributed by atoms with Gasteiger partial charge < -0.3 is 14.9 Å². The van der Waals surface area contributed by atoms with Crippen molar-refractivity contribution in [1.82, 2.24) is 0 Å². The molecule has 0 spiro atoms. The van der Waals surface area contributed by atoms with Crippen LogP contribution in [0.4, 0.5) is 0 Å². The number of hydrogen-bond donors (Lipinski definition) is 1. The molecule has 3 heteroatoms. The Morgan fingerprint density at radius 2 is 2.33 bits per heavy atom. The van der Waals surface area contributed by atoms with Crippen LogP contribution >= 0.6 is 0 Å². The standard InChI is InChI=1S/C9H15NO2/c1-3-8(10)9-5-4-7(12-9)6-11-2/h4-5,8H,3,6,10H2,1-2H3/t8-/m0/s1. The zero-order chi connectivity index (χ0) is 8.97. The van der Waals surface area contributed by atoms with Crippen LogP contribution in [0.2, 0.25) is 0 Å². The molecular formula is C9H15NO2. The fourth-order valence-corrected chi connectivity index (χ4v) is 1.01. The van der Waals surface area contributed by atoms with Crippen molar-refractivity contribution in [3.8, 4) is 0 Å². The molecule has 0 saturated heterocycles. The molecule has 0 saturated carbocycles. The minimum Gasteiger partial charge on any atom is -0.462 e. The maximum absolute atomic E-state index is 5.77. The molecule has 0 aliphatic carbocycles. The lowest BCUT2D eigenvalue weighted by Gasteiger charge is -2.03. The van der Waals surface area contributed by atoms with Crippen LogP contribution in [-0.2, 0) is 11.3 Å². The second-order valence-electron chi connectivity index (χ2n) is 2.75. The number of methoxy groups -OCH3 is 1. The molecule has 68 valence electrons. The van der Waals surface area contributed by atoms with Crippen LogP contribution in [0.25, 0.3) is 0 Å². The monoisotopic (exact) mass is 169 g/mol. The van der Waals surface area contributed by atoms with Crippen molar-refractivity contribution in [3.63, 3.8) is 0 Å². The van der Waals surface area contributed by atoms with Crippen molar-refractivity contribution in [2.24, 2.45) is 5.73 Å². The zero-order valence-corrected chi connectivity index (χ0v) is 7.54. The highest BCUT2D eigenvalue weighted by atomic mass is 16.5. The van der Waals surface area contributed by atoms with E-state index in [2.05, 4.69) is 0 Å². The van der Waals surface area contributed by atoms with E-state index in [1.54, 1.807) is 7.11 Å². The van der Waals surface area contributed by atoms with E-state index in [0.717, 1.165) is 17.9 Å². The first kappa shape index (κ1) is 9.29. The van der Waals surface area contributed by atoms with Crippen LogP contribution in [0.15, 0.2) is 16.5 Å². The van der Waals surface area contributed by atoms with Gasteiger partial charge in [-0.1, -0.05) is 6.92 Å². The van der Waals surface area contributed by atoms with E-state index < -0.39 is 0 Å². The third kappa shape index (κ3) is 2.09. The Kier molecular flexibility index (Phi) is 3.31. The van der Waals surface area contributed by atoms with E-state index in [-0.39, 0.29) is 6.04 Å². The topological polar surface area (TPSA) is 48.4 Å². The molecule has 0 aliphatic heterocycles. The normalized spacial score (nSPS) is 13.2. The highest BCUT2D eigenvalue weighted by Crippen LogP contribution is 2.17. The Morgan fingerprint density at radius 3 is 2.92 bits per heavy atom. The van der Waals surface area contributed by atoms with Crippen molar-refractivity contribution in [3.05, 3.63) is 23.7 Å². The second kappa shape index (κ2) is 4.28. The summed E-state index contributed by atoms with van der Waals surface area (Å²) in [5, 5.41) is 0. The lowest BCUT2D eigenvalue weighted by molar-refractivity contribution is 0.162. The molecule has 1 rings (SSSR count). The molecule has 0 amide bonds. The van der Waals surface area contributed by atoms with Crippen molar-refractivity contribution in [1.29, 1.82) is 0 Å². The third-order valence-electron chi connectivity index (χ3n) is 1.77. The zero-order valence-electron chi connectivity index (χ0n) is 7.54. The predicted octanol–water partition coefficient (Wildman–Crippen LogP) is 1.84. The molecule has 12 heavy (non-hydrogen) atoms. The number of hydrogen-bond acceptors (Lipinski definition) is 3. The van der Waals surface area contributed by atoms with Crippen molar-refractivity contribution in [2.45, 2.75) is 26.0 Å². The number of ether oxygens (including phenoxy) is 1. The first-order valence-corrected chi connectivity index (χ1v) is 4.11. The lowest BCUT2D eigenvalue weighted by Crippen LogP contribution is -2.06. The minimum atomic E-state index is 0.00982. The summed E-state index contributed by atoms with van der Waals surface area (Å²) in [4.78, 5) is 0. The first-order valence-electron chi connectivity index (χ1n) is 4.11. The Hall–Kier alpha value is -0.800. The molecule has 1 atom stereocenters. The van der Waals surface area contributed by atoms with Gasteiger partial charge in [-0.25, -0.2) is 0 Å². The molecule has 0 aromatic carbocycles. The molecule has 0 aliphatic rings. The highest BCUT2D eigenvalue weighted by Gasteiger charge is 2.07. The molecule has 0 radical (unpaired) electrons. The first-order chi connectivity index (χ1) is 5.77. The SMILES string of the molecule is CC[C@H](N)c1ccc(COC)o1. The van der Waals surface area contributed by atoms with Crippen LogP contribution in [0.5, 0.6) is 0 Å². The van der Waals surface area contributed by atoms with Gasteiger partial charge in [-0.15, -0.1) is 0 Å². The highest BCUT2D eigenvalue weighted by molar-refractivity contribution is 5.09. The van der Waals surface area contributed by atoms with Gasteiger partial charge in [0.25, 0.3) is 0 Å². The van der Waals surface area contributed by atoms with Crippen molar-refractivity contribution < 1.29 is 9.15 Å². The third-order valence-corrected chi connectivity index (χ3v) is 1.77. The molecule has 1 aromatic rings. The summed E-state index contributed by atoms with van der Waals surface area (Å²) in [5.41, 5.74) is 5.77. The van der Waals surface area contributed by atoms with Crippen LogP contribution in [0.3, 0.4) is 0 Å². The van der Waals surface area contributed by atoms with Gasteiger partial charge in [-0.3, -0.25) is 0 Å². The molecule has 0 unspecified atom stereocenters. The quantitative estimate of drug-likeness (QED) is 0.748. The summed E-state index contributed by atoms with van der Waals surface area (Å²) < 4.78 is 10.3. The molecule has 1 heterocycles. The molecule has 0 fully saturated rings. The van der Waals surface area contributed by atoms with E-state index in [0.29, 0.717) is 6.61 Å². The maximum atomic E-state index is 5.77. The molecular weight excluding hydrogens is 154 g/mol. The molecule has 0 bridgehead atoms. The van der Waals surface area contributed by atoms with E-state index >= 15 is 0 Å².